The molecule has 0 aliphatic carbocycles. The average Bonchev–Trinajstić information content (AvgIpc) is 2.93. The molecule has 8 nitrogen and oxygen atoms in total. The predicted octanol–water partition coefficient (Wildman–Crippen LogP) is 5.02. The van der Waals surface area contributed by atoms with Crippen molar-refractivity contribution in [2.75, 3.05) is 25.0 Å². The first-order chi connectivity index (χ1) is 18.7. The summed E-state index contributed by atoms with van der Waals surface area (Å²) in [6.45, 7) is 5.32. The van der Waals surface area contributed by atoms with Crippen molar-refractivity contribution in [1.29, 1.82) is 0 Å². The van der Waals surface area contributed by atoms with Crippen LogP contribution in [0.4, 0.5) is 19.1 Å². The molecule has 2 N–H and O–H groups in total. The molecule has 4 aromatic rings. The minimum atomic E-state index is -5.08. The lowest BCUT2D eigenvalue weighted by Gasteiger charge is -2.35. The summed E-state index contributed by atoms with van der Waals surface area (Å²) in [6.07, 6.45) is -3.26. The Bertz CT molecular complexity index is 1420. The van der Waals surface area contributed by atoms with Crippen LogP contribution in [-0.4, -0.2) is 59.4 Å². The summed E-state index contributed by atoms with van der Waals surface area (Å²) in [7, 11) is 1.50. The average molecular weight is 540 g/mol. The summed E-state index contributed by atoms with van der Waals surface area (Å²) < 4.78 is 48.0. The molecule has 0 bridgehead atoms. The van der Waals surface area contributed by atoms with Crippen LogP contribution in [0.2, 0.25) is 0 Å². The lowest BCUT2D eigenvalue weighted by Crippen LogP contribution is -2.46. The highest BCUT2D eigenvalue weighted by Crippen LogP contribution is 2.34. The smallest absolute Gasteiger partial charge is 0.420 e. The van der Waals surface area contributed by atoms with Gasteiger partial charge in [-0.25, -0.2) is 14.8 Å². The third-order valence-electron chi connectivity index (χ3n) is 5.91. The van der Waals surface area contributed by atoms with E-state index in [0.29, 0.717) is 35.9 Å². The number of benzene rings is 2. The third kappa shape index (κ3) is 6.50. The number of nitrogens with two attached hydrogens (primary N) is 1. The molecule has 0 amide bonds. The van der Waals surface area contributed by atoms with Crippen LogP contribution >= 0.6 is 0 Å². The molecule has 1 saturated heterocycles. The highest BCUT2D eigenvalue weighted by molar-refractivity contribution is 5.90. The van der Waals surface area contributed by atoms with Gasteiger partial charge in [-0.15, -0.1) is 0 Å². The molecule has 11 heteroatoms. The molecule has 0 radical (unpaired) electrons. The molecule has 2 atom stereocenters. The van der Waals surface area contributed by atoms with E-state index in [4.69, 9.17) is 14.7 Å². The minimum absolute atomic E-state index is 0.0389. The van der Waals surface area contributed by atoms with Gasteiger partial charge < -0.3 is 20.1 Å². The second kappa shape index (κ2) is 11.7. The third-order valence-corrected chi connectivity index (χ3v) is 5.91. The Kier molecular flexibility index (Phi) is 8.41. The topological polar surface area (TPSA) is 103 Å². The van der Waals surface area contributed by atoms with Crippen LogP contribution in [0.3, 0.4) is 0 Å². The van der Waals surface area contributed by atoms with Gasteiger partial charge in [0.05, 0.1) is 17.9 Å². The van der Waals surface area contributed by atoms with Gasteiger partial charge in [-0.1, -0.05) is 30.3 Å². The van der Waals surface area contributed by atoms with Crippen LogP contribution in [0.15, 0.2) is 66.9 Å². The van der Waals surface area contributed by atoms with Gasteiger partial charge in [0.15, 0.2) is 5.65 Å². The number of alkyl halides is 3. The van der Waals surface area contributed by atoms with Crippen LogP contribution in [0.1, 0.15) is 13.8 Å². The Balaban J connectivity index is 0.00000172. The van der Waals surface area contributed by atoms with Gasteiger partial charge in [0.2, 0.25) is 5.95 Å². The first kappa shape index (κ1) is 27.9. The molecule has 1 aliphatic heterocycles. The number of anilines is 1. The van der Waals surface area contributed by atoms with Crippen molar-refractivity contribution in [3.63, 3.8) is 0 Å². The number of ether oxygens (including phenoxy) is 2. The van der Waals surface area contributed by atoms with E-state index >= 15 is 0 Å². The number of rotatable bonds is 4. The summed E-state index contributed by atoms with van der Waals surface area (Å²) >= 11 is 0. The summed E-state index contributed by atoms with van der Waals surface area (Å²) in [5.41, 5.74) is 7.90. The van der Waals surface area contributed by atoms with E-state index in [0.717, 1.165) is 16.5 Å². The van der Waals surface area contributed by atoms with Crippen LogP contribution < -0.4 is 15.4 Å². The highest BCUT2D eigenvalue weighted by Gasteiger charge is 2.41. The predicted molar refractivity (Wildman–Crippen MR) is 142 cm³/mol. The molecule has 0 spiro atoms. The highest BCUT2D eigenvalue weighted by atomic mass is 19.4. The van der Waals surface area contributed by atoms with E-state index in [1.54, 1.807) is 18.3 Å². The molecule has 2 aromatic carbocycles. The van der Waals surface area contributed by atoms with Crippen LogP contribution in [0.25, 0.3) is 33.4 Å². The van der Waals surface area contributed by atoms with E-state index in [1.165, 1.54) is 19.2 Å². The van der Waals surface area contributed by atoms with Gasteiger partial charge in [-0.2, -0.15) is 18.2 Å². The number of aromatic nitrogens is 3. The van der Waals surface area contributed by atoms with Gasteiger partial charge in [-0.3, -0.25) is 0 Å². The molecule has 39 heavy (non-hydrogen) atoms. The van der Waals surface area contributed by atoms with Gasteiger partial charge in [0.25, 0.3) is 0 Å². The molecular formula is C28H28F3N5O3. The van der Waals surface area contributed by atoms with E-state index in [2.05, 4.69) is 20.4 Å². The molecule has 204 valence electrons. The van der Waals surface area contributed by atoms with Crippen molar-refractivity contribution < 1.29 is 27.4 Å². The maximum atomic E-state index is 12.6. The number of hydrogen-bond acceptors (Lipinski definition) is 8. The number of hydrogen-bond donors (Lipinski definition) is 1. The first-order valence-corrected chi connectivity index (χ1v) is 12.3. The monoisotopic (exact) mass is 539 g/mol. The number of esters is 1. The Hall–Kier alpha value is -4.09. The van der Waals surface area contributed by atoms with Gasteiger partial charge >= 0.3 is 12.1 Å². The maximum Gasteiger partial charge on any atom is 0.491 e. The summed E-state index contributed by atoms with van der Waals surface area (Å²) in [5.74, 6) is -1.94. The number of morpholine rings is 1. The second-order valence-corrected chi connectivity index (χ2v) is 8.91. The molecule has 0 unspecified atom stereocenters. The van der Waals surface area contributed by atoms with Crippen LogP contribution in [0, 0.1) is 0 Å². The van der Waals surface area contributed by atoms with E-state index < -0.39 is 12.1 Å². The van der Waals surface area contributed by atoms with E-state index in [-0.39, 0.29) is 18.0 Å². The zero-order valence-corrected chi connectivity index (χ0v) is 21.6. The molecule has 3 heterocycles. The molecule has 2 aromatic heterocycles. The van der Waals surface area contributed by atoms with Crippen molar-refractivity contribution in [2.45, 2.75) is 32.2 Å². The van der Waals surface area contributed by atoms with Gasteiger partial charge in [0, 0.05) is 35.8 Å². The summed E-state index contributed by atoms with van der Waals surface area (Å²) in [5, 5.41) is 0.747. The quantitative estimate of drug-likeness (QED) is 0.285. The fourth-order valence-corrected chi connectivity index (χ4v) is 4.35. The lowest BCUT2D eigenvalue weighted by molar-refractivity contribution is -0.189. The van der Waals surface area contributed by atoms with Crippen LogP contribution in [0.5, 0.6) is 5.75 Å². The molecular weight excluding hydrogens is 511 g/mol. The number of halogens is 3. The Morgan fingerprint density at radius 3 is 2.23 bits per heavy atom. The fraction of sp³-hybridized carbons (Fsp3) is 0.286. The fourth-order valence-electron chi connectivity index (χ4n) is 4.35. The molecule has 1 aliphatic rings. The van der Waals surface area contributed by atoms with Crippen molar-refractivity contribution >= 4 is 23.0 Å². The Morgan fingerprint density at radius 2 is 1.62 bits per heavy atom. The standard InChI is InChI=1S/C27H23F3N4O3.CH5N/c1-16-14-34(15-17(2)36-16)26-31-13-20-12-22(18-6-4-3-5-7-18)23(32-24(20)33-26)19-8-10-21(11-9-19)37-25(35)27(28,29)30;1-2/h3-13,16-17H,14-15H2,1-2H3;2H2,1H3/t16-,17+;. The van der Waals surface area contributed by atoms with Crippen molar-refractivity contribution in [1.82, 2.24) is 15.0 Å². The molecule has 1 fully saturated rings. The number of fused-ring (bicyclic) bond motifs is 1. The maximum absolute atomic E-state index is 12.6. The van der Waals surface area contributed by atoms with Crippen LogP contribution in [-0.2, 0) is 9.53 Å². The second-order valence-electron chi connectivity index (χ2n) is 8.91. The SMILES string of the molecule is CN.C[C@@H]1CN(c2ncc3cc(-c4ccccc4)c(-c4ccc(OC(=O)C(F)(F)F)cc4)nc3n2)C[C@H](C)O1. The largest absolute Gasteiger partial charge is 0.491 e. The number of carbonyl (C=O) groups excluding carboxylic acids is 1. The minimum Gasteiger partial charge on any atom is -0.420 e. The lowest BCUT2D eigenvalue weighted by atomic mass is 9.98. The Labute approximate surface area is 223 Å². The molecule has 5 rings (SSSR count). The number of pyridine rings is 1. The molecule has 0 saturated carbocycles. The number of nitrogens with zero attached hydrogens (tertiary/aromatic N) is 4. The van der Waals surface area contributed by atoms with Crippen molar-refractivity contribution in [3.8, 4) is 28.1 Å². The van der Waals surface area contributed by atoms with Gasteiger partial charge in [0.1, 0.15) is 5.75 Å². The number of carbonyl (C=O) groups is 1. The van der Waals surface area contributed by atoms with Crippen molar-refractivity contribution in [2.24, 2.45) is 5.73 Å². The van der Waals surface area contributed by atoms with E-state index in [9.17, 15) is 18.0 Å². The summed E-state index contributed by atoms with van der Waals surface area (Å²) in [4.78, 5) is 27.4. The zero-order valence-electron chi connectivity index (χ0n) is 21.6. The normalized spacial score (nSPS) is 17.4. The first-order valence-electron chi connectivity index (χ1n) is 12.3. The van der Waals surface area contributed by atoms with Crippen molar-refractivity contribution in [3.05, 3.63) is 66.9 Å². The van der Waals surface area contributed by atoms with Gasteiger partial charge in [-0.05, 0) is 56.8 Å². The van der Waals surface area contributed by atoms with E-state index in [1.807, 2.05) is 50.2 Å². The zero-order chi connectivity index (χ0) is 28.2. The summed E-state index contributed by atoms with van der Waals surface area (Å²) in [6, 6.07) is 17.3. The Morgan fingerprint density at radius 1 is 0.974 bits per heavy atom.